The van der Waals surface area contributed by atoms with Crippen molar-refractivity contribution in [3.05, 3.63) is 48.4 Å². The number of aryl methyl sites for hydroxylation is 1. The molecule has 0 aliphatic carbocycles. The van der Waals surface area contributed by atoms with Gasteiger partial charge in [-0.15, -0.1) is 0 Å². The van der Waals surface area contributed by atoms with Gasteiger partial charge in [0.1, 0.15) is 5.82 Å². The van der Waals surface area contributed by atoms with Crippen LogP contribution in [-0.2, 0) is 6.54 Å². The molecular formula is C13H13N5O. The zero-order valence-corrected chi connectivity index (χ0v) is 10.4. The summed E-state index contributed by atoms with van der Waals surface area (Å²) in [4.78, 5) is 8.25. The second-order valence-electron chi connectivity index (χ2n) is 4.28. The molecule has 0 radical (unpaired) electrons. The van der Waals surface area contributed by atoms with Crippen LogP contribution in [-0.4, -0.2) is 19.7 Å². The fourth-order valence-corrected chi connectivity index (χ4v) is 1.96. The van der Waals surface area contributed by atoms with E-state index in [1.54, 1.807) is 18.7 Å². The summed E-state index contributed by atoms with van der Waals surface area (Å²) in [6.07, 6.45) is 5.16. The molecule has 96 valence electrons. The highest BCUT2D eigenvalue weighted by Gasteiger charge is 2.10. The molecule has 3 heterocycles. The maximum absolute atomic E-state index is 5.89. The van der Waals surface area contributed by atoms with Crippen LogP contribution in [0.1, 0.15) is 11.5 Å². The minimum atomic E-state index is 0.484. The molecule has 0 aliphatic rings. The Bertz CT molecular complexity index is 700. The highest BCUT2D eigenvalue weighted by molar-refractivity contribution is 5.70. The largest absolute Gasteiger partial charge is 0.383 e. The van der Waals surface area contributed by atoms with Crippen LogP contribution in [0.3, 0.4) is 0 Å². The minimum absolute atomic E-state index is 0.484. The monoisotopic (exact) mass is 255 g/mol. The fourth-order valence-electron chi connectivity index (χ4n) is 1.96. The van der Waals surface area contributed by atoms with Crippen LogP contribution in [0.5, 0.6) is 0 Å². The summed E-state index contributed by atoms with van der Waals surface area (Å²) in [5, 5.41) is 3.87. The fraction of sp³-hybridized carbons (Fsp3) is 0.154. The second kappa shape index (κ2) is 4.56. The van der Waals surface area contributed by atoms with Gasteiger partial charge < -0.3 is 14.8 Å². The highest BCUT2D eigenvalue weighted by Crippen LogP contribution is 2.24. The van der Waals surface area contributed by atoms with Gasteiger partial charge in [-0.2, -0.15) is 0 Å². The first-order valence-electron chi connectivity index (χ1n) is 5.87. The van der Waals surface area contributed by atoms with Gasteiger partial charge in [0, 0.05) is 17.8 Å². The molecule has 0 aliphatic heterocycles. The van der Waals surface area contributed by atoms with Crippen molar-refractivity contribution in [2.45, 2.75) is 13.5 Å². The van der Waals surface area contributed by atoms with Gasteiger partial charge in [0.2, 0.25) is 0 Å². The van der Waals surface area contributed by atoms with Gasteiger partial charge in [-0.3, -0.25) is 0 Å². The summed E-state index contributed by atoms with van der Waals surface area (Å²) in [5.74, 6) is 1.26. The summed E-state index contributed by atoms with van der Waals surface area (Å²) in [6, 6.07) is 5.67. The first-order valence-corrected chi connectivity index (χ1v) is 5.87. The molecule has 0 spiro atoms. The molecule has 0 atom stereocenters. The van der Waals surface area contributed by atoms with Crippen molar-refractivity contribution in [2.75, 3.05) is 5.73 Å². The first kappa shape index (κ1) is 11.5. The zero-order valence-electron chi connectivity index (χ0n) is 10.4. The minimum Gasteiger partial charge on any atom is -0.383 e. The number of nitrogens with zero attached hydrogens (tertiary/aromatic N) is 4. The third-order valence-electron chi connectivity index (χ3n) is 2.83. The number of imidazole rings is 1. The van der Waals surface area contributed by atoms with Crippen molar-refractivity contribution >= 4 is 5.82 Å². The van der Waals surface area contributed by atoms with Crippen molar-refractivity contribution in [1.29, 1.82) is 0 Å². The van der Waals surface area contributed by atoms with Gasteiger partial charge in [0.25, 0.3) is 0 Å². The molecule has 0 amide bonds. The maximum Gasteiger partial charge on any atom is 0.156 e. The Labute approximate surface area is 109 Å². The van der Waals surface area contributed by atoms with Gasteiger partial charge in [-0.05, 0) is 19.1 Å². The Hall–Kier alpha value is -2.63. The quantitative estimate of drug-likeness (QED) is 0.772. The van der Waals surface area contributed by atoms with Gasteiger partial charge in [-0.25, -0.2) is 9.97 Å². The summed E-state index contributed by atoms with van der Waals surface area (Å²) < 4.78 is 7.16. The second-order valence-corrected chi connectivity index (χ2v) is 4.28. The van der Waals surface area contributed by atoms with Crippen LogP contribution in [0, 0.1) is 6.92 Å². The Kier molecular flexibility index (Phi) is 2.75. The number of anilines is 1. The molecule has 0 saturated carbocycles. The van der Waals surface area contributed by atoms with E-state index in [0.29, 0.717) is 12.4 Å². The van der Waals surface area contributed by atoms with E-state index in [-0.39, 0.29) is 0 Å². The van der Waals surface area contributed by atoms with E-state index in [1.807, 2.05) is 29.7 Å². The molecule has 2 N–H and O–H groups in total. The normalized spacial score (nSPS) is 10.8. The van der Waals surface area contributed by atoms with E-state index < -0.39 is 0 Å². The van der Waals surface area contributed by atoms with Crippen molar-refractivity contribution < 1.29 is 4.52 Å². The number of nitrogens with two attached hydrogens (primary N) is 1. The standard InChI is InChI=1S/C13H13N5O/c1-9-5-10(19-17-9)7-18-8-15-6-12(18)11-3-2-4-16-13(11)14/h2-6,8H,7H2,1H3,(H2,14,16). The van der Waals surface area contributed by atoms with E-state index in [0.717, 1.165) is 22.7 Å². The molecule has 0 bridgehead atoms. The SMILES string of the molecule is Cc1cc(Cn2cncc2-c2cccnc2N)on1. The Morgan fingerprint density at radius 2 is 2.32 bits per heavy atom. The van der Waals surface area contributed by atoms with E-state index in [9.17, 15) is 0 Å². The lowest BCUT2D eigenvalue weighted by Crippen LogP contribution is -2.01. The Morgan fingerprint density at radius 3 is 3.05 bits per heavy atom. The highest BCUT2D eigenvalue weighted by atomic mass is 16.5. The summed E-state index contributed by atoms with van der Waals surface area (Å²) >= 11 is 0. The molecule has 0 aromatic carbocycles. The van der Waals surface area contributed by atoms with Crippen LogP contribution in [0.25, 0.3) is 11.3 Å². The number of aromatic nitrogens is 4. The smallest absolute Gasteiger partial charge is 0.156 e. The molecular weight excluding hydrogens is 242 g/mol. The van der Waals surface area contributed by atoms with E-state index in [1.165, 1.54) is 0 Å². The lowest BCUT2D eigenvalue weighted by Gasteiger charge is -2.07. The average molecular weight is 255 g/mol. The van der Waals surface area contributed by atoms with Crippen molar-refractivity contribution in [3.63, 3.8) is 0 Å². The van der Waals surface area contributed by atoms with E-state index >= 15 is 0 Å². The van der Waals surface area contributed by atoms with Crippen LogP contribution in [0.2, 0.25) is 0 Å². The van der Waals surface area contributed by atoms with Gasteiger partial charge in [0.15, 0.2) is 5.76 Å². The van der Waals surface area contributed by atoms with E-state index in [4.69, 9.17) is 10.3 Å². The van der Waals surface area contributed by atoms with Gasteiger partial charge >= 0.3 is 0 Å². The molecule has 19 heavy (non-hydrogen) atoms. The third kappa shape index (κ3) is 2.20. The molecule has 0 unspecified atom stereocenters. The number of pyridine rings is 1. The number of hydrogen-bond donors (Lipinski definition) is 1. The molecule has 3 aromatic rings. The number of rotatable bonds is 3. The molecule has 3 aromatic heterocycles. The maximum atomic E-state index is 5.89. The summed E-state index contributed by atoms with van der Waals surface area (Å²) in [6.45, 7) is 2.45. The van der Waals surface area contributed by atoms with Crippen LogP contribution in [0.15, 0.2) is 41.4 Å². The van der Waals surface area contributed by atoms with Crippen LogP contribution in [0.4, 0.5) is 5.82 Å². The molecule has 6 nitrogen and oxygen atoms in total. The topological polar surface area (TPSA) is 82.8 Å². The van der Waals surface area contributed by atoms with Gasteiger partial charge in [0.05, 0.1) is 30.5 Å². The molecule has 0 fully saturated rings. The van der Waals surface area contributed by atoms with Crippen molar-refractivity contribution in [1.82, 2.24) is 19.7 Å². The molecule has 0 saturated heterocycles. The van der Waals surface area contributed by atoms with Crippen molar-refractivity contribution in [2.24, 2.45) is 0 Å². The predicted molar refractivity (Wildman–Crippen MR) is 70.2 cm³/mol. The third-order valence-corrected chi connectivity index (χ3v) is 2.83. The van der Waals surface area contributed by atoms with Crippen molar-refractivity contribution in [3.8, 4) is 11.3 Å². The predicted octanol–water partition coefficient (Wildman–Crippen LogP) is 1.87. The first-order chi connectivity index (χ1) is 9.24. The summed E-state index contributed by atoms with van der Waals surface area (Å²) in [7, 11) is 0. The summed E-state index contributed by atoms with van der Waals surface area (Å²) in [5.41, 5.74) is 8.51. The number of hydrogen-bond acceptors (Lipinski definition) is 5. The van der Waals surface area contributed by atoms with Crippen LogP contribution < -0.4 is 5.73 Å². The lowest BCUT2D eigenvalue weighted by molar-refractivity contribution is 0.373. The van der Waals surface area contributed by atoms with Crippen LogP contribution >= 0.6 is 0 Å². The Balaban J connectivity index is 1.97. The number of nitrogen functional groups attached to an aromatic ring is 1. The van der Waals surface area contributed by atoms with Gasteiger partial charge in [-0.1, -0.05) is 5.16 Å². The Morgan fingerprint density at radius 1 is 1.42 bits per heavy atom. The average Bonchev–Trinajstić information content (AvgIpc) is 3.00. The zero-order chi connectivity index (χ0) is 13.2. The lowest BCUT2D eigenvalue weighted by atomic mass is 10.2. The molecule has 3 rings (SSSR count). The molecule has 6 heteroatoms. The van der Waals surface area contributed by atoms with E-state index in [2.05, 4.69) is 15.1 Å².